The summed E-state index contributed by atoms with van der Waals surface area (Å²) in [6.45, 7) is 7.47. The molecule has 0 aromatic heterocycles. The van der Waals surface area contributed by atoms with E-state index in [9.17, 15) is 9.90 Å². The number of benzene rings is 1. The smallest absolute Gasteiger partial charge is 0.407 e. The Morgan fingerprint density at radius 1 is 1.35 bits per heavy atom. The van der Waals surface area contributed by atoms with Crippen molar-refractivity contribution in [2.45, 2.75) is 39.4 Å². The maximum atomic E-state index is 11.4. The Bertz CT molecular complexity index is 440. The number of aryl methyl sites for hydroxylation is 1. The van der Waals surface area contributed by atoms with Crippen molar-refractivity contribution in [2.75, 3.05) is 13.2 Å². The molecule has 1 rings (SSSR count). The quantitative estimate of drug-likeness (QED) is 0.868. The van der Waals surface area contributed by atoms with Gasteiger partial charge < -0.3 is 19.9 Å². The Kier molecular flexibility index (Phi) is 5.82. The van der Waals surface area contributed by atoms with Gasteiger partial charge in [-0.3, -0.25) is 0 Å². The maximum Gasteiger partial charge on any atom is 0.407 e. The summed E-state index contributed by atoms with van der Waals surface area (Å²) in [6, 6.07) is 7.56. The van der Waals surface area contributed by atoms with E-state index >= 15 is 0 Å². The van der Waals surface area contributed by atoms with Crippen LogP contribution in [0.2, 0.25) is 0 Å². The summed E-state index contributed by atoms with van der Waals surface area (Å²) in [6.07, 6.45) is -1.34. The molecule has 1 amide bonds. The van der Waals surface area contributed by atoms with Gasteiger partial charge in [-0.25, -0.2) is 4.79 Å². The van der Waals surface area contributed by atoms with E-state index in [0.29, 0.717) is 0 Å². The van der Waals surface area contributed by atoms with E-state index in [0.717, 1.165) is 11.3 Å². The molecule has 1 atom stereocenters. The van der Waals surface area contributed by atoms with Gasteiger partial charge in [0.25, 0.3) is 0 Å². The molecule has 2 N–H and O–H groups in total. The number of hydrogen-bond donors (Lipinski definition) is 2. The van der Waals surface area contributed by atoms with Gasteiger partial charge in [-0.15, -0.1) is 0 Å². The average Bonchev–Trinajstić information content (AvgIpc) is 2.33. The largest absolute Gasteiger partial charge is 0.491 e. The first kappa shape index (κ1) is 16.3. The van der Waals surface area contributed by atoms with Gasteiger partial charge in [0, 0.05) is 0 Å². The summed E-state index contributed by atoms with van der Waals surface area (Å²) in [7, 11) is 0. The van der Waals surface area contributed by atoms with Crippen molar-refractivity contribution < 1.29 is 19.4 Å². The van der Waals surface area contributed by atoms with Gasteiger partial charge in [-0.05, 0) is 39.3 Å². The lowest BCUT2D eigenvalue weighted by Crippen LogP contribution is -2.38. The van der Waals surface area contributed by atoms with Gasteiger partial charge in [0.2, 0.25) is 0 Å². The molecule has 0 radical (unpaired) electrons. The lowest BCUT2D eigenvalue weighted by atomic mass is 10.2. The molecule has 0 aliphatic rings. The van der Waals surface area contributed by atoms with Crippen LogP contribution in [0.3, 0.4) is 0 Å². The highest BCUT2D eigenvalue weighted by atomic mass is 16.6. The van der Waals surface area contributed by atoms with E-state index < -0.39 is 17.8 Å². The first-order chi connectivity index (χ1) is 9.28. The molecule has 1 unspecified atom stereocenters. The molecule has 112 valence electrons. The van der Waals surface area contributed by atoms with Gasteiger partial charge in [-0.2, -0.15) is 0 Å². The van der Waals surface area contributed by atoms with Crippen LogP contribution in [-0.2, 0) is 4.74 Å². The second kappa shape index (κ2) is 7.14. The van der Waals surface area contributed by atoms with E-state index in [2.05, 4.69) is 5.32 Å². The van der Waals surface area contributed by atoms with Crippen LogP contribution in [0.25, 0.3) is 0 Å². The van der Waals surface area contributed by atoms with Crippen LogP contribution < -0.4 is 10.1 Å². The van der Waals surface area contributed by atoms with Crippen molar-refractivity contribution in [3.63, 3.8) is 0 Å². The summed E-state index contributed by atoms with van der Waals surface area (Å²) in [5.41, 5.74) is 0.451. The summed E-state index contributed by atoms with van der Waals surface area (Å²) in [5, 5.41) is 12.3. The molecule has 0 saturated heterocycles. The first-order valence-electron chi connectivity index (χ1n) is 6.61. The van der Waals surface area contributed by atoms with Crippen LogP contribution in [0.5, 0.6) is 5.75 Å². The summed E-state index contributed by atoms with van der Waals surface area (Å²) in [4.78, 5) is 11.4. The second-order valence-corrected chi connectivity index (χ2v) is 5.61. The highest BCUT2D eigenvalue weighted by Crippen LogP contribution is 2.16. The van der Waals surface area contributed by atoms with Crippen molar-refractivity contribution >= 4 is 6.09 Å². The Morgan fingerprint density at radius 3 is 2.60 bits per heavy atom. The molecular weight excluding hydrogens is 258 g/mol. The van der Waals surface area contributed by atoms with Gasteiger partial charge in [-0.1, -0.05) is 18.2 Å². The molecule has 0 spiro atoms. The molecule has 0 aliphatic heterocycles. The molecular formula is C15H23NO4. The van der Waals surface area contributed by atoms with Crippen LogP contribution in [0, 0.1) is 6.92 Å². The SMILES string of the molecule is Cc1ccccc1OCC(O)CNC(=O)OC(C)(C)C. The molecule has 0 saturated carbocycles. The first-order valence-corrected chi connectivity index (χ1v) is 6.61. The predicted octanol–water partition coefficient (Wildman–Crippen LogP) is 2.26. The monoisotopic (exact) mass is 281 g/mol. The lowest BCUT2D eigenvalue weighted by molar-refractivity contribution is 0.0462. The number of hydrogen-bond acceptors (Lipinski definition) is 4. The minimum Gasteiger partial charge on any atom is -0.491 e. The highest BCUT2D eigenvalue weighted by molar-refractivity contribution is 5.67. The predicted molar refractivity (Wildman–Crippen MR) is 76.9 cm³/mol. The van der Waals surface area contributed by atoms with E-state index in [1.54, 1.807) is 20.8 Å². The van der Waals surface area contributed by atoms with Crippen LogP contribution >= 0.6 is 0 Å². The van der Waals surface area contributed by atoms with Gasteiger partial charge in [0.05, 0.1) is 6.54 Å². The van der Waals surface area contributed by atoms with E-state index in [-0.39, 0.29) is 13.2 Å². The fourth-order valence-corrected chi connectivity index (χ4v) is 1.48. The molecule has 1 aromatic rings. The minimum atomic E-state index is -0.790. The molecule has 0 heterocycles. The number of nitrogens with one attached hydrogen (secondary N) is 1. The van der Waals surface area contributed by atoms with Gasteiger partial charge in [0.1, 0.15) is 24.1 Å². The van der Waals surface area contributed by atoms with Crippen molar-refractivity contribution in [1.29, 1.82) is 0 Å². The summed E-state index contributed by atoms with van der Waals surface area (Å²) < 4.78 is 10.6. The zero-order valence-corrected chi connectivity index (χ0v) is 12.5. The Labute approximate surface area is 119 Å². The number of carbonyl (C=O) groups is 1. The van der Waals surface area contributed by atoms with Crippen molar-refractivity contribution in [3.05, 3.63) is 29.8 Å². The van der Waals surface area contributed by atoms with Crippen LogP contribution in [0.1, 0.15) is 26.3 Å². The second-order valence-electron chi connectivity index (χ2n) is 5.61. The average molecular weight is 281 g/mol. The number of aliphatic hydroxyl groups is 1. The number of aliphatic hydroxyl groups excluding tert-OH is 1. The molecule has 20 heavy (non-hydrogen) atoms. The number of carbonyl (C=O) groups excluding carboxylic acids is 1. The Hall–Kier alpha value is -1.75. The molecule has 0 bridgehead atoms. The number of alkyl carbamates (subject to hydrolysis) is 1. The maximum absolute atomic E-state index is 11.4. The zero-order valence-electron chi connectivity index (χ0n) is 12.5. The molecule has 0 fully saturated rings. The Balaban J connectivity index is 2.29. The molecule has 5 nitrogen and oxygen atoms in total. The van der Waals surface area contributed by atoms with E-state index in [1.807, 2.05) is 31.2 Å². The van der Waals surface area contributed by atoms with Crippen molar-refractivity contribution in [1.82, 2.24) is 5.32 Å². The van der Waals surface area contributed by atoms with E-state index in [1.165, 1.54) is 0 Å². The fourth-order valence-electron chi connectivity index (χ4n) is 1.48. The van der Waals surface area contributed by atoms with Crippen molar-refractivity contribution in [3.8, 4) is 5.75 Å². The van der Waals surface area contributed by atoms with E-state index in [4.69, 9.17) is 9.47 Å². The zero-order chi connectivity index (χ0) is 15.2. The van der Waals surface area contributed by atoms with Crippen molar-refractivity contribution in [2.24, 2.45) is 0 Å². The normalized spacial score (nSPS) is 12.7. The third kappa shape index (κ3) is 6.43. The van der Waals surface area contributed by atoms with Crippen LogP contribution in [0.15, 0.2) is 24.3 Å². The molecule has 5 heteroatoms. The standard InChI is InChI=1S/C15H23NO4/c1-11-7-5-6-8-13(11)19-10-12(17)9-16-14(18)20-15(2,3)4/h5-8,12,17H,9-10H2,1-4H3,(H,16,18). The number of ether oxygens (including phenoxy) is 2. The summed E-state index contributed by atoms with van der Waals surface area (Å²) in [5.74, 6) is 0.726. The Morgan fingerprint density at radius 2 is 2.00 bits per heavy atom. The molecule has 0 aliphatic carbocycles. The van der Waals surface area contributed by atoms with Gasteiger partial charge >= 0.3 is 6.09 Å². The topological polar surface area (TPSA) is 67.8 Å². The lowest BCUT2D eigenvalue weighted by Gasteiger charge is -2.20. The number of rotatable bonds is 5. The van der Waals surface area contributed by atoms with Gasteiger partial charge in [0.15, 0.2) is 0 Å². The van der Waals surface area contributed by atoms with Crippen LogP contribution in [-0.4, -0.2) is 36.1 Å². The van der Waals surface area contributed by atoms with Crippen LogP contribution in [0.4, 0.5) is 4.79 Å². The number of amides is 1. The third-order valence-corrected chi connectivity index (χ3v) is 2.41. The minimum absolute atomic E-state index is 0.0841. The number of para-hydroxylation sites is 1. The summed E-state index contributed by atoms with van der Waals surface area (Å²) >= 11 is 0. The highest BCUT2D eigenvalue weighted by Gasteiger charge is 2.17. The third-order valence-electron chi connectivity index (χ3n) is 2.41. The molecule has 1 aromatic carbocycles. The fraction of sp³-hybridized carbons (Fsp3) is 0.533.